The number of rotatable bonds is 7. The highest BCUT2D eigenvalue weighted by atomic mass is 32.1. The van der Waals surface area contributed by atoms with Gasteiger partial charge in [0.05, 0.1) is 0 Å². The topological polar surface area (TPSA) is 46.1 Å². The fourth-order valence-electron chi connectivity index (χ4n) is 1.57. The van der Waals surface area contributed by atoms with E-state index < -0.39 is 0 Å². The number of anilines is 1. The Labute approximate surface area is 101 Å². The number of nitrogens with one attached hydrogen (secondary N) is 1. The summed E-state index contributed by atoms with van der Waals surface area (Å²) in [5.74, 6) is 0.906. The van der Waals surface area contributed by atoms with Crippen molar-refractivity contribution < 1.29 is 4.74 Å². The number of hydrogen-bond donors (Lipinski definition) is 1. The van der Waals surface area contributed by atoms with E-state index in [2.05, 4.69) is 22.0 Å². The van der Waals surface area contributed by atoms with E-state index in [1.54, 1.807) is 7.11 Å². The van der Waals surface area contributed by atoms with E-state index in [0.717, 1.165) is 38.5 Å². The Kier molecular flexibility index (Phi) is 5.48. The van der Waals surface area contributed by atoms with Crippen molar-refractivity contribution in [1.29, 1.82) is 0 Å². The lowest BCUT2D eigenvalue weighted by molar-refractivity contribution is 0.196. The van der Waals surface area contributed by atoms with Crippen molar-refractivity contribution in [2.75, 3.05) is 32.2 Å². The van der Waals surface area contributed by atoms with Gasteiger partial charge in [-0.3, -0.25) is 4.57 Å². The highest BCUT2D eigenvalue weighted by Gasteiger charge is 2.09. The minimum Gasteiger partial charge on any atom is -0.385 e. The summed E-state index contributed by atoms with van der Waals surface area (Å²) in [4.78, 5) is 2.10. The van der Waals surface area contributed by atoms with Crippen LogP contribution < -0.4 is 4.90 Å². The first-order chi connectivity index (χ1) is 7.70. The molecule has 6 heteroatoms. The van der Waals surface area contributed by atoms with E-state index >= 15 is 0 Å². The third-order valence-electron chi connectivity index (χ3n) is 2.37. The highest BCUT2D eigenvalue weighted by Crippen LogP contribution is 2.10. The van der Waals surface area contributed by atoms with Gasteiger partial charge in [-0.1, -0.05) is 6.92 Å². The van der Waals surface area contributed by atoms with Gasteiger partial charge in [-0.05, 0) is 25.1 Å². The average Bonchev–Trinajstić information content (AvgIpc) is 2.62. The molecule has 5 nitrogen and oxygen atoms in total. The molecular weight excluding hydrogens is 224 g/mol. The summed E-state index contributed by atoms with van der Waals surface area (Å²) in [6, 6.07) is 0. The maximum atomic E-state index is 5.19. The van der Waals surface area contributed by atoms with E-state index in [-0.39, 0.29) is 0 Å². The number of methoxy groups -OCH3 is 1. The van der Waals surface area contributed by atoms with Crippen LogP contribution in [0.4, 0.5) is 5.95 Å². The number of H-pyrrole nitrogens is 1. The fraction of sp³-hybridized carbons (Fsp3) is 0.800. The smallest absolute Gasteiger partial charge is 0.225 e. The first-order valence-corrected chi connectivity index (χ1v) is 5.96. The van der Waals surface area contributed by atoms with Crippen molar-refractivity contribution in [3.05, 3.63) is 4.77 Å². The van der Waals surface area contributed by atoms with Crippen LogP contribution in [0.1, 0.15) is 19.8 Å². The second-order valence-electron chi connectivity index (χ2n) is 3.75. The maximum absolute atomic E-state index is 5.19. The van der Waals surface area contributed by atoms with Crippen molar-refractivity contribution in [2.24, 2.45) is 0 Å². The van der Waals surface area contributed by atoms with Crippen LogP contribution in [0.15, 0.2) is 0 Å². The molecule has 0 amide bonds. The van der Waals surface area contributed by atoms with Crippen LogP contribution in [0, 0.1) is 4.77 Å². The molecular formula is C10H20N4OS. The number of hydrogen-bond acceptors (Lipinski definition) is 4. The van der Waals surface area contributed by atoms with Gasteiger partial charge >= 0.3 is 0 Å². The van der Waals surface area contributed by atoms with Gasteiger partial charge in [0.2, 0.25) is 5.95 Å². The largest absolute Gasteiger partial charge is 0.385 e. The molecule has 0 aliphatic heterocycles. The minimum absolute atomic E-state index is 0.690. The number of aromatic nitrogens is 3. The van der Waals surface area contributed by atoms with Gasteiger partial charge in [-0.2, -0.15) is 0 Å². The van der Waals surface area contributed by atoms with Gasteiger partial charge < -0.3 is 9.64 Å². The van der Waals surface area contributed by atoms with Crippen molar-refractivity contribution in [3.8, 4) is 0 Å². The molecule has 0 aliphatic carbocycles. The molecule has 1 rings (SSSR count). The van der Waals surface area contributed by atoms with E-state index in [4.69, 9.17) is 17.0 Å². The summed E-state index contributed by atoms with van der Waals surface area (Å²) < 4.78 is 7.75. The van der Waals surface area contributed by atoms with Crippen LogP contribution in [0.5, 0.6) is 0 Å². The molecule has 0 radical (unpaired) electrons. The first-order valence-electron chi connectivity index (χ1n) is 5.56. The molecule has 16 heavy (non-hydrogen) atoms. The van der Waals surface area contributed by atoms with Crippen LogP contribution in [0.2, 0.25) is 0 Å². The normalized spacial score (nSPS) is 10.7. The molecule has 0 bridgehead atoms. The lowest BCUT2D eigenvalue weighted by Crippen LogP contribution is -2.23. The van der Waals surface area contributed by atoms with Gasteiger partial charge in [0, 0.05) is 33.9 Å². The van der Waals surface area contributed by atoms with Gasteiger partial charge in [-0.25, -0.2) is 5.10 Å². The van der Waals surface area contributed by atoms with Crippen molar-refractivity contribution >= 4 is 18.2 Å². The second-order valence-corrected chi connectivity index (χ2v) is 4.14. The zero-order valence-corrected chi connectivity index (χ0v) is 11.0. The molecule has 92 valence electrons. The summed E-state index contributed by atoms with van der Waals surface area (Å²) in [6.07, 6.45) is 2.03. The van der Waals surface area contributed by atoms with Crippen LogP contribution in [0.3, 0.4) is 0 Å². The SMILES string of the molecule is CCCn1c(N(C)CCCOC)n[nH]c1=S. The van der Waals surface area contributed by atoms with Crippen LogP contribution in [0.25, 0.3) is 0 Å². The van der Waals surface area contributed by atoms with Crippen molar-refractivity contribution in [2.45, 2.75) is 26.3 Å². The summed E-state index contributed by atoms with van der Waals surface area (Å²) in [5, 5.41) is 7.08. The molecule has 1 N–H and O–H groups in total. The minimum atomic E-state index is 0.690. The Hall–Kier alpha value is -0.880. The predicted octanol–water partition coefficient (Wildman–Crippen LogP) is 1.82. The third kappa shape index (κ3) is 3.31. The highest BCUT2D eigenvalue weighted by molar-refractivity contribution is 7.71. The lowest BCUT2D eigenvalue weighted by Gasteiger charge is -2.18. The lowest BCUT2D eigenvalue weighted by atomic mass is 10.4. The predicted molar refractivity (Wildman–Crippen MR) is 67.5 cm³/mol. The van der Waals surface area contributed by atoms with E-state index in [0.29, 0.717) is 4.77 Å². The second kappa shape index (κ2) is 6.65. The molecule has 0 fully saturated rings. The van der Waals surface area contributed by atoms with Crippen LogP contribution in [-0.2, 0) is 11.3 Å². The summed E-state index contributed by atoms with van der Waals surface area (Å²) in [7, 11) is 3.74. The summed E-state index contributed by atoms with van der Waals surface area (Å²) >= 11 is 5.19. The Morgan fingerprint density at radius 3 is 2.94 bits per heavy atom. The van der Waals surface area contributed by atoms with Crippen LogP contribution >= 0.6 is 12.2 Å². The van der Waals surface area contributed by atoms with Gasteiger partial charge in [0.1, 0.15) is 0 Å². The maximum Gasteiger partial charge on any atom is 0.225 e. The molecule has 0 unspecified atom stereocenters. The number of nitrogens with zero attached hydrogens (tertiary/aromatic N) is 3. The van der Waals surface area contributed by atoms with Crippen molar-refractivity contribution in [3.63, 3.8) is 0 Å². The van der Waals surface area contributed by atoms with E-state index in [9.17, 15) is 0 Å². The molecule has 0 spiro atoms. The van der Waals surface area contributed by atoms with Crippen molar-refractivity contribution in [1.82, 2.24) is 14.8 Å². The van der Waals surface area contributed by atoms with E-state index in [1.165, 1.54) is 0 Å². The zero-order valence-electron chi connectivity index (χ0n) is 10.2. The molecule has 0 saturated carbocycles. The Bertz CT molecular complexity index is 360. The summed E-state index contributed by atoms with van der Waals surface area (Å²) in [6.45, 7) is 4.71. The molecule has 0 atom stereocenters. The molecule has 0 saturated heterocycles. The van der Waals surface area contributed by atoms with Gasteiger partial charge in [0.15, 0.2) is 4.77 Å². The molecule has 1 aromatic rings. The molecule has 1 aromatic heterocycles. The van der Waals surface area contributed by atoms with Crippen LogP contribution in [-0.4, -0.2) is 42.1 Å². The monoisotopic (exact) mass is 244 g/mol. The molecule has 1 heterocycles. The molecule has 0 aliphatic rings. The third-order valence-corrected chi connectivity index (χ3v) is 2.68. The van der Waals surface area contributed by atoms with Gasteiger partial charge in [0.25, 0.3) is 0 Å². The number of aromatic amines is 1. The standard InChI is InChI=1S/C10H20N4OS/c1-4-6-14-9(11-12-10(14)16)13(2)7-5-8-15-3/h4-8H2,1-3H3,(H,12,16). The number of ether oxygens (including phenoxy) is 1. The molecule has 0 aromatic carbocycles. The average molecular weight is 244 g/mol. The Morgan fingerprint density at radius 1 is 1.56 bits per heavy atom. The fourth-order valence-corrected chi connectivity index (χ4v) is 1.79. The summed E-state index contributed by atoms with van der Waals surface area (Å²) in [5.41, 5.74) is 0. The van der Waals surface area contributed by atoms with Gasteiger partial charge in [-0.15, -0.1) is 5.10 Å². The van der Waals surface area contributed by atoms with E-state index in [1.807, 2.05) is 11.6 Å². The Balaban J connectivity index is 2.67. The zero-order chi connectivity index (χ0) is 12.0. The first kappa shape index (κ1) is 13.2. The quantitative estimate of drug-likeness (QED) is 0.587. The Morgan fingerprint density at radius 2 is 2.31 bits per heavy atom.